The molecule has 64 valence electrons. The number of nitrogens with one attached hydrogen (secondary N) is 1. The number of nitrogens with two attached hydrogens (primary N) is 1. The number of fused-ring (bicyclic) bond motifs is 1. The quantitative estimate of drug-likeness (QED) is 0.539. The van der Waals surface area contributed by atoms with Crippen LogP contribution in [-0.2, 0) is 0 Å². The lowest BCUT2D eigenvalue weighted by Crippen LogP contribution is -2.43. The highest BCUT2D eigenvalue weighted by atomic mass is 14.9. The van der Waals surface area contributed by atoms with Crippen LogP contribution < -0.4 is 11.1 Å². The van der Waals surface area contributed by atoms with E-state index in [2.05, 4.69) is 5.32 Å². The Morgan fingerprint density at radius 2 is 2.00 bits per heavy atom. The van der Waals surface area contributed by atoms with Gasteiger partial charge in [-0.1, -0.05) is 0 Å². The first-order valence-corrected chi connectivity index (χ1v) is 4.82. The Morgan fingerprint density at radius 1 is 1.09 bits per heavy atom. The summed E-state index contributed by atoms with van der Waals surface area (Å²) in [6.07, 6.45) is 5.26. The lowest BCUT2D eigenvalue weighted by Gasteiger charge is -2.38. The van der Waals surface area contributed by atoms with Gasteiger partial charge in [0.15, 0.2) is 0 Å². The fraction of sp³-hybridized carbons (Fsp3) is 1.00. The van der Waals surface area contributed by atoms with E-state index in [4.69, 9.17) is 5.73 Å². The molecule has 2 heteroatoms. The second-order valence-electron chi connectivity index (χ2n) is 4.09. The number of hydrogen-bond acceptors (Lipinski definition) is 2. The Bertz CT molecular complexity index is 136. The number of rotatable bonds is 0. The van der Waals surface area contributed by atoms with Gasteiger partial charge in [-0.05, 0) is 50.6 Å². The second-order valence-corrected chi connectivity index (χ2v) is 4.09. The molecule has 3 unspecified atom stereocenters. The van der Waals surface area contributed by atoms with E-state index in [1.165, 1.54) is 38.8 Å². The van der Waals surface area contributed by atoms with Crippen molar-refractivity contribution < 1.29 is 0 Å². The van der Waals surface area contributed by atoms with Gasteiger partial charge in [-0.3, -0.25) is 0 Å². The van der Waals surface area contributed by atoms with Crippen LogP contribution >= 0.6 is 0 Å². The predicted molar refractivity (Wildman–Crippen MR) is 46.3 cm³/mol. The molecule has 0 radical (unpaired) electrons. The third-order valence-corrected chi connectivity index (χ3v) is 3.28. The minimum atomic E-state index is 0.509. The molecular weight excluding hydrogens is 136 g/mol. The van der Waals surface area contributed by atoms with E-state index >= 15 is 0 Å². The summed E-state index contributed by atoms with van der Waals surface area (Å²) in [6.45, 7) is 2.46. The van der Waals surface area contributed by atoms with Crippen molar-refractivity contribution >= 4 is 0 Å². The molecule has 2 fully saturated rings. The third kappa shape index (κ3) is 1.57. The van der Waals surface area contributed by atoms with Crippen LogP contribution in [0.3, 0.4) is 0 Å². The largest absolute Gasteiger partial charge is 0.328 e. The van der Waals surface area contributed by atoms with Crippen LogP contribution in [0.15, 0.2) is 0 Å². The minimum absolute atomic E-state index is 0.509. The fourth-order valence-corrected chi connectivity index (χ4v) is 2.56. The molecule has 3 atom stereocenters. The standard InChI is InChI=1S/C9H18N2/c10-9-2-1-8-6-11-4-3-7(8)5-9/h7-9,11H,1-6,10H2. The van der Waals surface area contributed by atoms with Crippen LogP contribution in [0, 0.1) is 11.8 Å². The fourth-order valence-electron chi connectivity index (χ4n) is 2.56. The monoisotopic (exact) mass is 154 g/mol. The van der Waals surface area contributed by atoms with E-state index in [1.807, 2.05) is 0 Å². The zero-order chi connectivity index (χ0) is 7.68. The van der Waals surface area contributed by atoms with Gasteiger partial charge in [-0.2, -0.15) is 0 Å². The topological polar surface area (TPSA) is 38.0 Å². The van der Waals surface area contributed by atoms with Gasteiger partial charge >= 0.3 is 0 Å². The predicted octanol–water partition coefficient (Wildman–Crippen LogP) is 0.723. The molecule has 1 heterocycles. The highest BCUT2D eigenvalue weighted by Crippen LogP contribution is 2.32. The van der Waals surface area contributed by atoms with Crippen LogP contribution in [0.4, 0.5) is 0 Å². The van der Waals surface area contributed by atoms with Crippen molar-refractivity contribution in [3.63, 3.8) is 0 Å². The molecule has 3 N–H and O–H groups in total. The van der Waals surface area contributed by atoms with Crippen LogP contribution in [0.1, 0.15) is 25.7 Å². The molecule has 11 heavy (non-hydrogen) atoms. The van der Waals surface area contributed by atoms with E-state index < -0.39 is 0 Å². The Morgan fingerprint density at radius 3 is 2.91 bits per heavy atom. The van der Waals surface area contributed by atoms with Crippen molar-refractivity contribution in [2.24, 2.45) is 17.6 Å². The third-order valence-electron chi connectivity index (χ3n) is 3.28. The number of piperidine rings is 1. The maximum Gasteiger partial charge on any atom is 0.00416 e. The first-order valence-electron chi connectivity index (χ1n) is 4.82. The summed E-state index contributed by atoms with van der Waals surface area (Å²) in [4.78, 5) is 0. The molecule has 1 aliphatic heterocycles. The Hall–Kier alpha value is -0.0800. The summed E-state index contributed by atoms with van der Waals surface area (Å²) in [5.41, 5.74) is 5.92. The van der Waals surface area contributed by atoms with Crippen LogP contribution in [0.5, 0.6) is 0 Å². The molecule has 0 amide bonds. The van der Waals surface area contributed by atoms with Gasteiger partial charge in [0.25, 0.3) is 0 Å². The Labute approximate surface area is 68.5 Å². The van der Waals surface area contributed by atoms with E-state index in [-0.39, 0.29) is 0 Å². The lowest BCUT2D eigenvalue weighted by molar-refractivity contribution is 0.170. The van der Waals surface area contributed by atoms with Crippen molar-refractivity contribution in [1.29, 1.82) is 0 Å². The zero-order valence-corrected chi connectivity index (χ0v) is 7.05. The summed E-state index contributed by atoms with van der Waals surface area (Å²) in [6, 6.07) is 0.509. The van der Waals surface area contributed by atoms with Crippen LogP contribution in [-0.4, -0.2) is 19.1 Å². The smallest absolute Gasteiger partial charge is 0.00416 e. The molecular formula is C9H18N2. The second kappa shape index (κ2) is 3.11. The molecule has 1 saturated heterocycles. The van der Waals surface area contributed by atoms with E-state index in [0.717, 1.165) is 11.8 Å². The van der Waals surface area contributed by atoms with Gasteiger partial charge in [0.05, 0.1) is 0 Å². The average Bonchev–Trinajstić information content (AvgIpc) is 2.04. The Balaban J connectivity index is 1.93. The van der Waals surface area contributed by atoms with E-state index in [9.17, 15) is 0 Å². The molecule has 1 saturated carbocycles. The molecule has 2 rings (SSSR count). The van der Waals surface area contributed by atoms with Gasteiger partial charge in [0.1, 0.15) is 0 Å². The van der Waals surface area contributed by atoms with Crippen LogP contribution in [0.2, 0.25) is 0 Å². The summed E-state index contributed by atoms with van der Waals surface area (Å²) < 4.78 is 0. The van der Waals surface area contributed by atoms with E-state index in [0.29, 0.717) is 6.04 Å². The summed E-state index contributed by atoms with van der Waals surface area (Å²) in [5, 5.41) is 3.46. The maximum absolute atomic E-state index is 5.92. The molecule has 2 nitrogen and oxygen atoms in total. The summed E-state index contributed by atoms with van der Waals surface area (Å²) in [5.74, 6) is 1.89. The molecule has 0 aromatic heterocycles. The van der Waals surface area contributed by atoms with Gasteiger partial charge < -0.3 is 11.1 Å². The molecule has 0 aromatic rings. The van der Waals surface area contributed by atoms with Gasteiger partial charge in [0, 0.05) is 6.04 Å². The minimum Gasteiger partial charge on any atom is -0.328 e. The van der Waals surface area contributed by atoms with Crippen molar-refractivity contribution in [2.45, 2.75) is 31.7 Å². The maximum atomic E-state index is 5.92. The molecule has 0 bridgehead atoms. The van der Waals surface area contributed by atoms with Gasteiger partial charge in [-0.25, -0.2) is 0 Å². The van der Waals surface area contributed by atoms with Crippen LogP contribution in [0.25, 0.3) is 0 Å². The molecule has 0 aromatic carbocycles. The van der Waals surface area contributed by atoms with E-state index in [1.54, 1.807) is 0 Å². The van der Waals surface area contributed by atoms with Crippen molar-refractivity contribution in [3.05, 3.63) is 0 Å². The SMILES string of the molecule is NC1CCC2CNCCC2C1. The first kappa shape index (κ1) is 7.56. The number of hydrogen-bond donors (Lipinski definition) is 2. The van der Waals surface area contributed by atoms with Crippen molar-refractivity contribution in [2.75, 3.05) is 13.1 Å². The van der Waals surface area contributed by atoms with Crippen molar-refractivity contribution in [3.8, 4) is 0 Å². The summed E-state index contributed by atoms with van der Waals surface area (Å²) >= 11 is 0. The highest BCUT2D eigenvalue weighted by molar-refractivity contribution is 4.86. The molecule has 1 aliphatic carbocycles. The highest BCUT2D eigenvalue weighted by Gasteiger charge is 2.30. The van der Waals surface area contributed by atoms with Gasteiger partial charge in [0.2, 0.25) is 0 Å². The normalized spacial score (nSPS) is 45.0. The zero-order valence-electron chi connectivity index (χ0n) is 7.05. The summed E-state index contributed by atoms with van der Waals surface area (Å²) in [7, 11) is 0. The molecule has 2 aliphatic rings. The first-order chi connectivity index (χ1) is 5.36. The van der Waals surface area contributed by atoms with Gasteiger partial charge in [-0.15, -0.1) is 0 Å². The Kier molecular flexibility index (Phi) is 2.14. The average molecular weight is 154 g/mol. The lowest BCUT2D eigenvalue weighted by atomic mass is 9.74. The van der Waals surface area contributed by atoms with Crippen molar-refractivity contribution in [1.82, 2.24) is 5.32 Å². The molecule has 0 spiro atoms.